The van der Waals surface area contributed by atoms with Gasteiger partial charge < -0.3 is 4.52 Å². The maximum Gasteiger partial charge on any atom is 0.329 e. The number of H-pyrrole nitrogens is 1. The lowest BCUT2D eigenvalue weighted by molar-refractivity contribution is 0.402. The number of hydrogen-bond acceptors (Lipinski definition) is 4. The van der Waals surface area contributed by atoms with E-state index in [-0.39, 0.29) is 5.65 Å². The molecule has 0 aliphatic rings. The first-order chi connectivity index (χ1) is 6.11. The van der Waals surface area contributed by atoms with E-state index in [1.807, 2.05) is 0 Å². The molecule has 0 radical (unpaired) electrons. The van der Waals surface area contributed by atoms with E-state index in [9.17, 15) is 9.59 Å². The third kappa shape index (κ3) is 0.915. The van der Waals surface area contributed by atoms with Crippen LogP contribution in [-0.2, 0) is 7.05 Å². The predicted octanol–water partition coefficient (Wildman–Crippen LogP) is -0.477. The summed E-state index contributed by atoms with van der Waals surface area (Å²) < 4.78 is 6.03. The topological polar surface area (TPSA) is 80.9 Å². The molecule has 2 aromatic heterocycles. The molecular weight excluding hydrogens is 174 g/mol. The van der Waals surface area contributed by atoms with Gasteiger partial charge in [-0.15, -0.1) is 0 Å². The van der Waals surface area contributed by atoms with E-state index >= 15 is 0 Å². The fourth-order valence-electron chi connectivity index (χ4n) is 1.19. The summed E-state index contributed by atoms with van der Waals surface area (Å²) in [6, 6.07) is 0. The van der Waals surface area contributed by atoms with Crippen LogP contribution in [0.25, 0.3) is 11.0 Å². The van der Waals surface area contributed by atoms with Gasteiger partial charge in [0.1, 0.15) is 11.1 Å². The van der Waals surface area contributed by atoms with E-state index < -0.39 is 11.2 Å². The first-order valence-corrected chi connectivity index (χ1v) is 3.66. The molecule has 68 valence electrons. The molecule has 0 fully saturated rings. The van der Waals surface area contributed by atoms with Crippen LogP contribution in [-0.4, -0.2) is 14.7 Å². The Morgan fingerprint density at radius 2 is 2.15 bits per heavy atom. The van der Waals surface area contributed by atoms with Crippen LogP contribution in [0.5, 0.6) is 0 Å². The second-order valence-electron chi connectivity index (χ2n) is 2.76. The molecule has 0 spiro atoms. The summed E-state index contributed by atoms with van der Waals surface area (Å²) in [5.41, 5.74) is -0.686. The Kier molecular flexibility index (Phi) is 1.39. The van der Waals surface area contributed by atoms with Gasteiger partial charge in [-0.05, 0) is 6.92 Å². The van der Waals surface area contributed by atoms with Crippen molar-refractivity contribution in [1.82, 2.24) is 14.7 Å². The van der Waals surface area contributed by atoms with E-state index in [0.29, 0.717) is 11.1 Å². The summed E-state index contributed by atoms with van der Waals surface area (Å²) in [4.78, 5) is 24.5. The van der Waals surface area contributed by atoms with E-state index in [1.54, 1.807) is 6.92 Å². The van der Waals surface area contributed by atoms with Gasteiger partial charge in [-0.3, -0.25) is 14.3 Å². The van der Waals surface area contributed by atoms with Crippen molar-refractivity contribution in [2.75, 3.05) is 0 Å². The second kappa shape index (κ2) is 2.32. The third-order valence-electron chi connectivity index (χ3n) is 1.91. The lowest BCUT2D eigenvalue weighted by atomic mass is 10.3. The smallest absolute Gasteiger partial charge is 0.329 e. The van der Waals surface area contributed by atoms with Gasteiger partial charge in [-0.2, -0.15) is 0 Å². The minimum absolute atomic E-state index is 0.270. The molecule has 0 unspecified atom stereocenters. The lowest BCUT2D eigenvalue weighted by Crippen LogP contribution is -2.28. The molecule has 6 heteroatoms. The van der Waals surface area contributed by atoms with Crippen LogP contribution in [0.3, 0.4) is 0 Å². The summed E-state index contributed by atoms with van der Waals surface area (Å²) in [7, 11) is 1.52. The number of aromatic nitrogens is 3. The number of fused-ring (bicyclic) bond motifs is 1. The Balaban J connectivity index is 3.18. The normalized spacial score (nSPS) is 10.9. The van der Waals surface area contributed by atoms with E-state index in [1.165, 1.54) is 11.6 Å². The minimum Gasteiger partial charge on any atom is -0.359 e. The second-order valence-corrected chi connectivity index (χ2v) is 2.76. The van der Waals surface area contributed by atoms with Crippen molar-refractivity contribution in [2.24, 2.45) is 7.05 Å². The zero-order chi connectivity index (χ0) is 9.59. The van der Waals surface area contributed by atoms with Crippen molar-refractivity contribution in [3.05, 3.63) is 26.6 Å². The maximum atomic E-state index is 11.3. The van der Waals surface area contributed by atoms with Gasteiger partial charge in [0.25, 0.3) is 5.56 Å². The molecule has 0 atom stereocenters. The summed E-state index contributed by atoms with van der Waals surface area (Å²) in [6.07, 6.45) is 0. The number of nitrogens with zero attached hydrogens (tertiary/aromatic N) is 2. The molecule has 0 amide bonds. The Hall–Kier alpha value is -1.85. The molecule has 0 bridgehead atoms. The molecule has 2 aromatic rings. The predicted molar refractivity (Wildman–Crippen MR) is 44.6 cm³/mol. The summed E-state index contributed by atoms with van der Waals surface area (Å²) >= 11 is 0. The van der Waals surface area contributed by atoms with Crippen molar-refractivity contribution < 1.29 is 4.52 Å². The van der Waals surface area contributed by atoms with Gasteiger partial charge in [-0.25, -0.2) is 4.79 Å². The van der Waals surface area contributed by atoms with Crippen LogP contribution in [0.4, 0.5) is 0 Å². The van der Waals surface area contributed by atoms with Crippen LogP contribution in [0.1, 0.15) is 5.76 Å². The zero-order valence-corrected chi connectivity index (χ0v) is 7.12. The van der Waals surface area contributed by atoms with Crippen molar-refractivity contribution in [3.63, 3.8) is 0 Å². The molecule has 2 heterocycles. The number of aromatic amines is 1. The lowest BCUT2D eigenvalue weighted by Gasteiger charge is -1.94. The highest BCUT2D eigenvalue weighted by molar-refractivity contribution is 5.75. The number of hydrogen-bond donors (Lipinski definition) is 1. The first kappa shape index (κ1) is 7.78. The van der Waals surface area contributed by atoms with Crippen LogP contribution >= 0.6 is 0 Å². The molecule has 13 heavy (non-hydrogen) atoms. The Morgan fingerprint density at radius 1 is 1.46 bits per heavy atom. The van der Waals surface area contributed by atoms with Gasteiger partial charge >= 0.3 is 5.69 Å². The Morgan fingerprint density at radius 3 is 2.85 bits per heavy atom. The number of nitrogens with one attached hydrogen (secondary N) is 1. The van der Waals surface area contributed by atoms with Crippen LogP contribution in [0, 0.1) is 6.92 Å². The molecule has 2 rings (SSSR count). The average Bonchev–Trinajstić information content (AvgIpc) is 2.44. The van der Waals surface area contributed by atoms with Gasteiger partial charge in [0.15, 0.2) is 5.65 Å². The van der Waals surface area contributed by atoms with Crippen molar-refractivity contribution >= 4 is 11.0 Å². The Bertz CT molecular complexity index is 575. The highest BCUT2D eigenvalue weighted by Gasteiger charge is 2.11. The van der Waals surface area contributed by atoms with Gasteiger partial charge in [0.05, 0.1) is 0 Å². The highest BCUT2D eigenvalue weighted by atomic mass is 16.5. The average molecular weight is 181 g/mol. The van der Waals surface area contributed by atoms with Gasteiger partial charge in [-0.1, -0.05) is 5.16 Å². The van der Waals surface area contributed by atoms with E-state index in [2.05, 4.69) is 10.1 Å². The summed E-state index contributed by atoms with van der Waals surface area (Å²) in [5.74, 6) is 0.409. The monoisotopic (exact) mass is 181 g/mol. The third-order valence-corrected chi connectivity index (χ3v) is 1.91. The van der Waals surface area contributed by atoms with Crippen LogP contribution in [0.2, 0.25) is 0 Å². The van der Waals surface area contributed by atoms with Crippen molar-refractivity contribution in [1.29, 1.82) is 0 Å². The van der Waals surface area contributed by atoms with E-state index in [4.69, 9.17) is 4.52 Å². The fourth-order valence-corrected chi connectivity index (χ4v) is 1.19. The molecule has 0 aliphatic heterocycles. The number of aryl methyl sites for hydroxylation is 2. The maximum absolute atomic E-state index is 11.3. The SMILES string of the molecule is Cc1onc2c1c(=O)[nH]c(=O)n2C. The fraction of sp³-hybridized carbons (Fsp3) is 0.286. The highest BCUT2D eigenvalue weighted by Crippen LogP contribution is 2.08. The zero-order valence-electron chi connectivity index (χ0n) is 7.12. The summed E-state index contributed by atoms with van der Waals surface area (Å²) in [5, 5.41) is 3.93. The number of rotatable bonds is 0. The molecular formula is C7H7N3O3. The Labute approximate surface area is 71.8 Å². The molecule has 0 aromatic carbocycles. The largest absolute Gasteiger partial charge is 0.359 e. The van der Waals surface area contributed by atoms with Gasteiger partial charge in [0, 0.05) is 7.05 Å². The summed E-state index contributed by atoms with van der Waals surface area (Å²) in [6.45, 7) is 1.62. The van der Waals surface area contributed by atoms with Gasteiger partial charge in [0.2, 0.25) is 0 Å². The molecule has 0 saturated heterocycles. The molecule has 1 N–H and O–H groups in total. The van der Waals surface area contributed by atoms with Crippen molar-refractivity contribution in [3.8, 4) is 0 Å². The minimum atomic E-state index is -0.495. The van der Waals surface area contributed by atoms with Crippen LogP contribution < -0.4 is 11.2 Å². The first-order valence-electron chi connectivity index (χ1n) is 3.66. The molecule has 0 saturated carbocycles. The van der Waals surface area contributed by atoms with Crippen LogP contribution in [0.15, 0.2) is 14.1 Å². The van der Waals surface area contributed by atoms with Crippen molar-refractivity contribution in [2.45, 2.75) is 6.92 Å². The molecule has 0 aliphatic carbocycles. The quantitative estimate of drug-likeness (QED) is 0.595. The molecule has 6 nitrogen and oxygen atoms in total. The van der Waals surface area contributed by atoms with E-state index in [0.717, 1.165) is 0 Å². The standard InChI is InChI=1S/C7H7N3O3/c1-3-4-5(9-13-3)10(2)7(12)8-6(4)11/h1-2H3,(H,8,11,12).